The van der Waals surface area contributed by atoms with Gasteiger partial charge in [-0.25, -0.2) is 0 Å². The third-order valence-corrected chi connectivity index (χ3v) is 10.0. The van der Waals surface area contributed by atoms with Crippen LogP contribution in [0, 0.1) is 39.9 Å². The average molecular weight is 465 g/mol. The predicted molar refractivity (Wildman–Crippen MR) is 120 cm³/mol. The summed E-state index contributed by atoms with van der Waals surface area (Å²) in [4.78, 5) is 36.3. The molecule has 0 aromatic heterocycles. The molecule has 0 radical (unpaired) electrons. The maximum atomic E-state index is 12.6. The van der Waals surface area contributed by atoms with E-state index in [1.54, 1.807) is 13.8 Å². The van der Waals surface area contributed by atoms with E-state index in [-0.39, 0.29) is 47.8 Å². The molecule has 33 heavy (non-hydrogen) atoms. The van der Waals surface area contributed by atoms with E-state index in [9.17, 15) is 24.6 Å². The van der Waals surface area contributed by atoms with E-state index >= 15 is 0 Å². The fraction of sp³-hybridized carbons (Fsp3) is 0.885. The van der Waals surface area contributed by atoms with Crippen molar-refractivity contribution in [2.24, 2.45) is 39.9 Å². The molecule has 0 heterocycles. The van der Waals surface area contributed by atoms with Gasteiger partial charge in [0.15, 0.2) is 0 Å². The van der Waals surface area contributed by atoms with Gasteiger partial charge in [0.25, 0.3) is 0 Å². The first-order valence-electron chi connectivity index (χ1n) is 12.6. The van der Waals surface area contributed by atoms with E-state index in [0.717, 1.165) is 44.9 Å². The number of aliphatic hydroxyl groups is 1. The summed E-state index contributed by atoms with van der Waals surface area (Å²) in [6.07, 6.45) is 7.28. The zero-order valence-electron chi connectivity index (χ0n) is 20.5. The van der Waals surface area contributed by atoms with Crippen LogP contribution < -0.4 is 0 Å². The van der Waals surface area contributed by atoms with Gasteiger partial charge in [0.1, 0.15) is 24.2 Å². The summed E-state index contributed by atoms with van der Waals surface area (Å²) >= 11 is 0. The maximum absolute atomic E-state index is 12.6. The van der Waals surface area contributed by atoms with Crippen LogP contribution in [-0.2, 0) is 23.9 Å². The van der Waals surface area contributed by atoms with Crippen LogP contribution in [0.3, 0.4) is 0 Å². The van der Waals surface area contributed by atoms with Crippen LogP contribution in [-0.4, -0.2) is 46.9 Å². The molecule has 0 saturated heterocycles. The topological polar surface area (TPSA) is 110 Å². The van der Waals surface area contributed by atoms with E-state index < -0.39 is 23.0 Å². The minimum absolute atomic E-state index is 0.0455. The monoisotopic (exact) mass is 464 g/mol. The van der Waals surface area contributed by atoms with Crippen molar-refractivity contribution in [3.8, 4) is 0 Å². The van der Waals surface area contributed by atoms with Gasteiger partial charge in [0, 0.05) is 6.92 Å². The molecular weight excluding hydrogens is 424 g/mol. The Hall–Kier alpha value is -1.63. The summed E-state index contributed by atoms with van der Waals surface area (Å²) in [5.41, 5.74) is -2.27. The molecule has 0 amide bonds. The quantitative estimate of drug-likeness (QED) is 0.573. The van der Waals surface area contributed by atoms with Crippen molar-refractivity contribution >= 4 is 17.9 Å². The number of rotatable bonds is 6. The molecule has 4 saturated carbocycles. The number of carboxylic acid groups (broad SMARTS) is 1. The van der Waals surface area contributed by atoms with E-state index in [1.165, 1.54) is 6.92 Å². The largest absolute Gasteiger partial charge is 0.481 e. The summed E-state index contributed by atoms with van der Waals surface area (Å²) in [7, 11) is 0. The standard InChI is InChI=1S/C26H40O7/c1-16(2)21(28)33-15-26(31)13-24-11-8-20-23(4,19(24)7-6-18(26)12-24)9-5-10-25(20,22(29)30)14-32-17(3)27/h16,18-20,31H,5-15H2,1-4H3,(H,29,30)/t18-,19-,20+,23+,24+,25+,26+/m1/s1. The minimum atomic E-state index is -1.04. The maximum Gasteiger partial charge on any atom is 0.313 e. The first kappa shape index (κ1) is 24.5. The van der Waals surface area contributed by atoms with Crippen LogP contribution in [0.1, 0.15) is 85.5 Å². The van der Waals surface area contributed by atoms with Crippen LogP contribution in [0.4, 0.5) is 0 Å². The van der Waals surface area contributed by atoms with Crippen LogP contribution in [0.25, 0.3) is 0 Å². The highest BCUT2D eigenvalue weighted by Crippen LogP contribution is 2.73. The van der Waals surface area contributed by atoms with Gasteiger partial charge in [-0.05, 0) is 80.0 Å². The number of fused-ring (bicyclic) bond motifs is 3. The smallest absolute Gasteiger partial charge is 0.313 e. The Morgan fingerprint density at radius 3 is 2.36 bits per heavy atom. The molecule has 7 heteroatoms. The predicted octanol–water partition coefficient (Wildman–Crippen LogP) is 3.96. The van der Waals surface area contributed by atoms with E-state index in [2.05, 4.69) is 6.92 Å². The second kappa shape index (κ2) is 8.24. The lowest BCUT2D eigenvalue weighted by molar-refractivity contribution is -0.196. The molecule has 0 aliphatic heterocycles. The van der Waals surface area contributed by atoms with Crippen molar-refractivity contribution in [3.05, 3.63) is 0 Å². The number of carboxylic acids is 1. The molecule has 0 unspecified atom stereocenters. The molecule has 4 fully saturated rings. The highest BCUT2D eigenvalue weighted by molar-refractivity contribution is 5.76. The number of hydrogen-bond donors (Lipinski definition) is 2. The Bertz CT molecular complexity index is 823. The molecule has 4 aliphatic carbocycles. The molecule has 4 aliphatic rings. The molecule has 7 atom stereocenters. The molecule has 4 rings (SSSR count). The first-order chi connectivity index (χ1) is 15.4. The summed E-state index contributed by atoms with van der Waals surface area (Å²) in [6, 6.07) is 0. The second-order valence-corrected chi connectivity index (χ2v) is 12.1. The third kappa shape index (κ3) is 3.78. The molecular formula is C26H40O7. The van der Waals surface area contributed by atoms with E-state index in [4.69, 9.17) is 9.47 Å². The number of aliphatic carboxylic acids is 1. The number of ether oxygens (including phenoxy) is 2. The van der Waals surface area contributed by atoms with Crippen LogP contribution in [0.5, 0.6) is 0 Å². The Morgan fingerprint density at radius 1 is 1.00 bits per heavy atom. The molecule has 0 aromatic carbocycles. The van der Waals surface area contributed by atoms with Crippen molar-refractivity contribution in [1.82, 2.24) is 0 Å². The Labute approximate surface area is 196 Å². The highest BCUT2D eigenvalue weighted by Gasteiger charge is 2.69. The Balaban J connectivity index is 1.61. The molecule has 186 valence electrons. The van der Waals surface area contributed by atoms with Gasteiger partial charge in [-0.15, -0.1) is 0 Å². The van der Waals surface area contributed by atoms with Crippen LogP contribution in [0.2, 0.25) is 0 Å². The summed E-state index contributed by atoms with van der Waals surface area (Å²) in [5.74, 6) is -1.43. The van der Waals surface area contributed by atoms with Crippen molar-refractivity contribution < 1.29 is 34.1 Å². The number of carbonyl (C=O) groups excluding carboxylic acids is 2. The lowest BCUT2D eigenvalue weighted by Crippen LogP contribution is -2.60. The minimum Gasteiger partial charge on any atom is -0.481 e. The van der Waals surface area contributed by atoms with Crippen molar-refractivity contribution in [3.63, 3.8) is 0 Å². The van der Waals surface area contributed by atoms with Gasteiger partial charge in [-0.1, -0.05) is 27.2 Å². The average Bonchev–Trinajstić information content (AvgIpc) is 2.94. The fourth-order valence-corrected chi connectivity index (χ4v) is 8.68. The summed E-state index contributed by atoms with van der Waals surface area (Å²) < 4.78 is 10.8. The number of carbonyl (C=O) groups is 3. The first-order valence-corrected chi connectivity index (χ1v) is 12.6. The molecule has 2 N–H and O–H groups in total. The van der Waals surface area contributed by atoms with E-state index in [0.29, 0.717) is 18.8 Å². The highest BCUT2D eigenvalue weighted by atomic mass is 16.5. The van der Waals surface area contributed by atoms with Gasteiger partial charge < -0.3 is 19.7 Å². The molecule has 1 spiro atoms. The summed E-state index contributed by atoms with van der Waals surface area (Å²) in [6.45, 7) is 7.17. The number of hydrogen-bond acceptors (Lipinski definition) is 6. The fourth-order valence-electron chi connectivity index (χ4n) is 8.68. The SMILES string of the molecule is CC(=O)OC[C@@]1(C(=O)O)CCC[C@]2(C)[C@@H]1CC[C@@]13C[C@@H](CC[C@@H]12)[C@@](O)(COC(=O)C(C)C)C3. The molecule has 0 aromatic rings. The normalized spacial score (nSPS) is 44.0. The Kier molecular flexibility index (Phi) is 6.12. The van der Waals surface area contributed by atoms with Gasteiger partial charge in [-0.3, -0.25) is 14.4 Å². The zero-order chi connectivity index (χ0) is 24.2. The summed E-state index contributed by atoms with van der Waals surface area (Å²) in [5, 5.41) is 22.0. The van der Waals surface area contributed by atoms with Gasteiger partial charge in [0.2, 0.25) is 0 Å². The number of esters is 2. The molecule has 7 nitrogen and oxygen atoms in total. The third-order valence-electron chi connectivity index (χ3n) is 10.0. The van der Waals surface area contributed by atoms with Gasteiger partial charge in [-0.2, -0.15) is 0 Å². The lowest BCUT2D eigenvalue weighted by atomic mass is 9.40. The van der Waals surface area contributed by atoms with Gasteiger partial charge >= 0.3 is 17.9 Å². The van der Waals surface area contributed by atoms with E-state index in [1.807, 2.05) is 0 Å². The Morgan fingerprint density at radius 2 is 1.73 bits per heavy atom. The van der Waals surface area contributed by atoms with Crippen molar-refractivity contribution in [2.75, 3.05) is 13.2 Å². The second-order valence-electron chi connectivity index (χ2n) is 12.1. The van der Waals surface area contributed by atoms with Gasteiger partial charge in [0.05, 0.1) is 5.92 Å². The lowest BCUT2D eigenvalue weighted by Gasteiger charge is -2.63. The van der Waals surface area contributed by atoms with Crippen molar-refractivity contribution in [1.29, 1.82) is 0 Å². The van der Waals surface area contributed by atoms with Crippen LogP contribution >= 0.6 is 0 Å². The zero-order valence-corrected chi connectivity index (χ0v) is 20.5. The molecule has 2 bridgehead atoms. The van der Waals surface area contributed by atoms with Crippen molar-refractivity contribution in [2.45, 2.75) is 91.1 Å². The van der Waals surface area contributed by atoms with Crippen LogP contribution in [0.15, 0.2) is 0 Å².